The summed E-state index contributed by atoms with van der Waals surface area (Å²) < 4.78 is 42.3. The van der Waals surface area contributed by atoms with Gasteiger partial charge in [0.25, 0.3) is 0 Å². The molecule has 28 heavy (non-hydrogen) atoms. The fraction of sp³-hybridized carbons (Fsp3) is 0.429. The Bertz CT molecular complexity index is 905. The molecule has 0 fully saturated rings. The van der Waals surface area contributed by atoms with Crippen LogP contribution in [-0.4, -0.2) is 22.1 Å². The minimum Gasteiger partial charge on any atom is -0.365 e. The maximum Gasteiger partial charge on any atom is 0.417 e. The lowest BCUT2D eigenvalue weighted by Crippen LogP contribution is -2.46. The molecule has 148 valence electrons. The molecular formula is C21H23F3N4. The number of nitrogens with zero attached hydrogens (tertiary/aromatic N) is 4. The number of benzene rings is 1. The summed E-state index contributed by atoms with van der Waals surface area (Å²) in [6.45, 7) is 6.75. The molecule has 3 rings (SSSR count). The van der Waals surface area contributed by atoms with Gasteiger partial charge in [-0.25, -0.2) is 4.98 Å². The molecule has 1 heterocycles. The van der Waals surface area contributed by atoms with Gasteiger partial charge in [-0.1, -0.05) is 13.8 Å². The molecule has 4 nitrogen and oxygen atoms in total. The van der Waals surface area contributed by atoms with Gasteiger partial charge in [-0.05, 0) is 49.5 Å². The van der Waals surface area contributed by atoms with Crippen molar-refractivity contribution in [2.75, 3.05) is 11.4 Å². The summed E-state index contributed by atoms with van der Waals surface area (Å²) in [6.07, 6.45) is 4.66. The Morgan fingerprint density at radius 1 is 1.36 bits per heavy atom. The lowest BCUT2D eigenvalue weighted by atomic mass is 9.74. The van der Waals surface area contributed by atoms with E-state index in [1.807, 2.05) is 22.6 Å². The number of likely N-dealkylation sites (N-methyl/N-ethyl adjacent to an activating group) is 1. The van der Waals surface area contributed by atoms with Crippen molar-refractivity contribution in [1.29, 1.82) is 5.26 Å². The van der Waals surface area contributed by atoms with Crippen LogP contribution in [-0.2, 0) is 6.18 Å². The van der Waals surface area contributed by atoms with Crippen LogP contribution in [0.2, 0.25) is 0 Å². The molecule has 0 saturated heterocycles. The van der Waals surface area contributed by atoms with Crippen LogP contribution in [0.4, 0.5) is 18.9 Å². The van der Waals surface area contributed by atoms with E-state index < -0.39 is 11.7 Å². The molecule has 0 bridgehead atoms. The van der Waals surface area contributed by atoms with Crippen LogP contribution >= 0.6 is 0 Å². The van der Waals surface area contributed by atoms with Crippen molar-refractivity contribution in [3.8, 4) is 6.07 Å². The summed E-state index contributed by atoms with van der Waals surface area (Å²) in [4.78, 5) is 6.07. The van der Waals surface area contributed by atoms with Gasteiger partial charge < -0.3 is 9.47 Å². The van der Waals surface area contributed by atoms with Crippen LogP contribution in [0.3, 0.4) is 0 Å². The highest BCUT2D eigenvalue weighted by Gasteiger charge is 2.38. The van der Waals surface area contributed by atoms with Gasteiger partial charge in [0.15, 0.2) is 0 Å². The van der Waals surface area contributed by atoms with E-state index in [1.165, 1.54) is 6.07 Å². The average Bonchev–Trinajstić information content (AvgIpc) is 3.17. The Kier molecular flexibility index (Phi) is 5.24. The van der Waals surface area contributed by atoms with Gasteiger partial charge in [0, 0.05) is 30.3 Å². The molecular weight excluding hydrogens is 365 g/mol. The van der Waals surface area contributed by atoms with Gasteiger partial charge in [0.05, 0.1) is 29.6 Å². The number of allylic oxidation sites excluding steroid dienone is 1. The van der Waals surface area contributed by atoms with Crippen LogP contribution in [0, 0.1) is 16.7 Å². The second-order valence-electron chi connectivity index (χ2n) is 7.69. The molecule has 0 saturated carbocycles. The summed E-state index contributed by atoms with van der Waals surface area (Å²) in [5.41, 5.74) is 0.190. The zero-order chi connectivity index (χ0) is 20.5. The van der Waals surface area contributed by atoms with Crippen molar-refractivity contribution in [2.45, 2.75) is 45.8 Å². The number of hydrogen-bond donors (Lipinski definition) is 0. The van der Waals surface area contributed by atoms with E-state index in [9.17, 15) is 13.2 Å². The second-order valence-corrected chi connectivity index (χ2v) is 7.69. The normalized spacial score (nSPS) is 19.0. The maximum absolute atomic E-state index is 13.4. The van der Waals surface area contributed by atoms with Crippen molar-refractivity contribution < 1.29 is 13.2 Å². The third-order valence-electron chi connectivity index (χ3n) is 5.45. The van der Waals surface area contributed by atoms with Crippen LogP contribution < -0.4 is 4.90 Å². The summed E-state index contributed by atoms with van der Waals surface area (Å²) in [7, 11) is 0. The molecule has 1 aliphatic rings. The average molecular weight is 388 g/mol. The van der Waals surface area contributed by atoms with E-state index in [1.54, 1.807) is 24.7 Å². The number of rotatable bonds is 4. The van der Waals surface area contributed by atoms with Crippen molar-refractivity contribution in [3.63, 3.8) is 0 Å². The van der Waals surface area contributed by atoms with Crippen molar-refractivity contribution in [1.82, 2.24) is 9.55 Å². The highest BCUT2D eigenvalue weighted by molar-refractivity contribution is 5.59. The van der Waals surface area contributed by atoms with Crippen LogP contribution in [0.1, 0.15) is 44.7 Å². The van der Waals surface area contributed by atoms with E-state index in [2.05, 4.69) is 24.9 Å². The summed E-state index contributed by atoms with van der Waals surface area (Å²) >= 11 is 0. The Morgan fingerprint density at radius 3 is 2.68 bits per heavy atom. The van der Waals surface area contributed by atoms with Gasteiger partial charge in [0.1, 0.15) is 0 Å². The SMILES string of the molecule is CCN(c1ccc(C#N)c(C(F)(F)F)c1)C1C=C(n2ccnc2)CCC1(C)C. The first kappa shape index (κ1) is 20.0. The minimum atomic E-state index is -4.57. The number of anilines is 1. The zero-order valence-corrected chi connectivity index (χ0v) is 16.2. The number of halogens is 3. The molecule has 0 spiro atoms. The second kappa shape index (κ2) is 7.34. The van der Waals surface area contributed by atoms with Gasteiger partial charge >= 0.3 is 6.18 Å². The Balaban J connectivity index is 2.07. The fourth-order valence-corrected chi connectivity index (χ4v) is 3.83. The van der Waals surface area contributed by atoms with Crippen molar-refractivity contribution in [3.05, 3.63) is 54.1 Å². The van der Waals surface area contributed by atoms with Gasteiger partial charge in [-0.2, -0.15) is 18.4 Å². The number of hydrogen-bond acceptors (Lipinski definition) is 3. The minimum absolute atomic E-state index is 0.0855. The van der Waals surface area contributed by atoms with Gasteiger partial charge in [-0.3, -0.25) is 0 Å². The Hall–Kier alpha value is -2.75. The first-order chi connectivity index (χ1) is 13.2. The smallest absolute Gasteiger partial charge is 0.365 e. The summed E-state index contributed by atoms with van der Waals surface area (Å²) in [5.74, 6) is 0. The molecule has 1 unspecified atom stereocenters. The van der Waals surface area contributed by atoms with E-state index in [4.69, 9.17) is 5.26 Å². The van der Waals surface area contributed by atoms with E-state index in [0.717, 1.165) is 24.6 Å². The molecule has 1 aliphatic carbocycles. The third kappa shape index (κ3) is 3.77. The molecule has 0 radical (unpaired) electrons. The Labute approximate surface area is 162 Å². The van der Waals surface area contributed by atoms with Crippen LogP contribution in [0.5, 0.6) is 0 Å². The first-order valence-electron chi connectivity index (χ1n) is 9.24. The molecule has 0 N–H and O–H groups in total. The van der Waals surface area contributed by atoms with Gasteiger partial charge in [-0.15, -0.1) is 0 Å². The van der Waals surface area contributed by atoms with E-state index >= 15 is 0 Å². The van der Waals surface area contributed by atoms with E-state index in [-0.39, 0.29) is 17.0 Å². The lowest BCUT2D eigenvalue weighted by molar-refractivity contribution is -0.137. The predicted molar refractivity (Wildman–Crippen MR) is 102 cm³/mol. The van der Waals surface area contributed by atoms with E-state index in [0.29, 0.717) is 12.2 Å². The number of imidazole rings is 1. The largest absolute Gasteiger partial charge is 0.417 e. The number of alkyl halides is 3. The molecule has 1 atom stereocenters. The lowest BCUT2D eigenvalue weighted by Gasteiger charge is -2.45. The first-order valence-corrected chi connectivity index (χ1v) is 9.24. The maximum atomic E-state index is 13.4. The summed E-state index contributed by atoms with van der Waals surface area (Å²) in [5, 5.41) is 9.06. The van der Waals surface area contributed by atoms with Crippen LogP contribution in [0.15, 0.2) is 43.0 Å². The molecule has 1 aromatic heterocycles. The zero-order valence-electron chi connectivity index (χ0n) is 16.2. The topological polar surface area (TPSA) is 44.9 Å². The molecule has 2 aromatic rings. The highest BCUT2D eigenvalue weighted by Crippen LogP contribution is 2.42. The molecule has 0 amide bonds. The summed E-state index contributed by atoms with van der Waals surface area (Å²) in [6, 6.07) is 5.52. The molecule has 0 aliphatic heterocycles. The molecule has 7 heteroatoms. The fourth-order valence-electron chi connectivity index (χ4n) is 3.83. The van der Waals surface area contributed by atoms with Crippen molar-refractivity contribution in [2.24, 2.45) is 5.41 Å². The molecule has 1 aromatic carbocycles. The third-order valence-corrected chi connectivity index (χ3v) is 5.45. The van der Waals surface area contributed by atoms with Gasteiger partial charge in [0.2, 0.25) is 0 Å². The monoisotopic (exact) mass is 388 g/mol. The van der Waals surface area contributed by atoms with Crippen molar-refractivity contribution >= 4 is 11.4 Å². The Morgan fingerprint density at radius 2 is 2.11 bits per heavy atom. The highest BCUT2D eigenvalue weighted by atomic mass is 19.4. The quantitative estimate of drug-likeness (QED) is 0.711. The standard InChI is InChI=1S/C21H23F3N4/c1-4-28(17-6-5-15(13-25)18(11-17)21(22,23)24)19-12-16(7-8-20(19,2)3)27-10-9-26-14-27/h5-6,9-12,14,19H,4,7-8H2,1-3H3. The predicted octanol–water partition coefficient (Wildman–Crippen LogP) is 5.33. The van der Waals surface area contributed by atoms with Crippen LogP contribution in [0.25, 0.3) is 5.70 Å². The number of nitriles is 1. The number of aromatic nitrogens is 2.